The van der Waals surface area contributed by atoms with Gasteiger partial charge < -0.3 is 4.42 Å². The minimum Gasteiger partial charge on any atom is -0.422 e. The van der Waals surface area contributed by atoms with Crippen LogP contribution in [0.5, 0.6) is 0 Å². The van der Waals surface area contributed by atoms with Crippen LogP contribution in [0, 0.1) is 0 Å². The van der Waals surface area contributed by atoms with E-state index >= 15 is 0 Å². The van der Waals surface area contributed by atoms with E-state index in [-0.39, 0.29) is 17.7 Å². The molecule has 0 aliphatic carbocycles. The maximum Gasteiger partial charge on any atom is 0.417 e. The number of fused-ring (bicyclic) bond motifs is 1. The van der Waals surface area contributed by atoms with Crippen molar-refractivity contribution in [1.82, 2.24) is 0 Å². The predicted octanol–water partition coefficient (Wildman–Crippen LogP) is 6.33. The fraction of sp³-hybridized carbons (Fsp3) is 0.0870. The monoisotopic (exact) mass is 498 g/mol. The van der Waals surface area contributed by atoms with E-state index in [2.05, 4.69) is 0 Å². The van der Waals surface area contributed by atoms with Gasteiger partial charge in [-0.1, -0.05) is 48.5 Å². The van der Waals surface area contributed by atoms with Crippen molar-refractivity contribution in [3.63, 3.8) is 0 Å². The molecule has 4 rings (SSSR count). The lowest BCUT2D eigenvalue weighted by Crippen LogP contribution is -2.19. The highest BCUT2D eigenvalue weighted by molar-refractivity contribution is 7.91. The van der Waals surface area contributed by atoms with E-state index in [4.69, 9.17) is 4.42 Å². The van der Waals surface area contributed by atoms with Gasteiger partial charge in [0, 0.05) is 10.9 Å². The molecule has 0 N–H and O–H groups in total. The lowest BCUT2D eigenvalue weighted by Gasteiger charge is -2.18. The number of hydrogen-bond donors (Lipinski definition) is 0. The van der Waals surface area contributed by atoms with E-state index in [9.17, 15) is 39.6 Å². The molecule has 0 saturated heterocycles. The highest BCUT2D eigenvalue weighted by Crippen LogP contribution is 2.45. The van der Waals surface area contributed by atoms with Crippen molar-refractivity contribution in [3.8, 4) is 11.1 Å². The Hall–Kier alpha value is -3.60. The summed E-state index contributed by atoms with van der Waals surface area (Å²) in [5, 5.41) is -0.971. The number of alkyl halides is 6. The van der Waals surface area contributed by atoms with Gasteiger partial charge >= 0.3 is 18.0 Å². The highest BCUT2D eigenvalue weighted by atomic mass is 32.2. The molecular weight excluding hydrogens is 486 g/mol. The Kier molecular flexibility index (Phi) is 5.55. The van der Waals surface area contributed by atoms with Crippen LogP contribution in [0.4, 0.5) is 26.3 Å². The molecule has 0 aliphatic rings. The van der Waals surface area contributed by atoms with Crippen molar-refractivity contribution in [2.75, 3.05) is 0 Å². The number of rotatable bonds is 3. The van der Waals surface area contributed by atoms with E-state index in [0.29, 0.717) is 0 Å². The van der Waals surface area contributed by atoms with Crippen LogP contribution < -0.4 is 5.63 Å². The van der Waals surface area contributed by atoms with Crippen molar-refractivity contribution in [2.45, 2.75) is 22.1 Å². The zero-order chi connectivity index (χ0) is 24.9. The molecule has 1 aromatic heterocycles. The molecule has 0 saturated carbocycles. The molecule has 4 aromatic rings. The Labute approximate surface area is 188 Å². The summed E-state index contributed by atoms with van der Waals surface area (Å²) in [6, 6.07) is 13.3. The van der Waals surface area contributed by atoms with Crippen LogP contribution in [0.25, 0.3) is 22.1 Å². The lowest BCUT2D eigenvalue weighted by molar-refractivity contribution is -0.142. The van der Waals surface area contributed by atoms with Crippen molar-refractivity contribution in [3.05, 3.63) is 94.3 Å². The Morgan fingerprint density at radius 1 is 0.735 bits per heavy atom. The lowest BCUT2D eigenvalue weighted by atomic mass is 9.96. The molecule has 0 atom stereocenters. The smallest absolute Gasteiger partial charge is 0.417 e. The summed E-state index contributed by atoms with van der Waals surface area (Å²) in [6.07, 6.45) is -10.5. The molecule has 1 heterocycles. The molecule has 11 heteroatoms. The van der Waals surface area contributed by atoms with Crippen LogP contribution in [0.3, 0.4) is 0 Å². The van der Waals surface area contributed by atoms with Crippen LogP contribution in [0.1, 0.15) is 11.1 Å². The van der Waals surface area contributed by atoms with Crippen molar-refractivity contribution in [2.24, 2.45) is 0 Å². The quantitative estimate of drug-likeness (QED) is 0.245. The van der Waals surface area contributed by atoms with Gasteiger partial charge in [0.1, 0.15) is 5.58 Å². The summed E-state index contributed by atoms with van der Waals surface area (Å²) in [6.45, 7) is 0. The maximum atomic E-state index is 14.0. The Balaban J connectivity index is 2.28. The van der Waals surface area contributed by atoms with Crippen LogP contribution in [-0.4, -0.2) is 8.42 Å². The first kappa shape index (κ1) is 23.6. The molecule has 3 aromatic carbocycles. The molecule has 176 valence electrons. The molecule has 0 radical (unpaired) electrons. The normalized spacial score (nSPS) is 12.8. The second-order valence-electron chi connectivity index (χ2n) is 7.17. The number of benzene rings is 3. The summed E-state index contributed by atoms with van der Waals surface area (Å²) in [7, 11) is -4.74. The van der Waals surface area contributed by atoms with Gasteiger partial charge in [0.05, 0.1) is 16.0 Å². The summed E-state index contributed by atoms with van der Waals surface area (Å²) < 4.78 is 113. The molecule has 0 unspecified atom stereocenters. The van der Waals surface area contributed by atoms with E-state index in [1.54, 1.807) is 0 Å². The van der Waals surface area contributed by atoms with Crippen molar-refractivity contribution < 1.29 is 39.2 Å². The zero-order valence-electron chi connectivity index (χ0n) is 16.7. The van der Waals surface area contributed by atoms with Crippen LogP contribution >= 0.6 is 0 Å². The van der Waals surface area contributed by atoms with Crippen LogP contribution in [0.2, 0.25) is 0 Å². The minimum atomic E-state index is -5.34. The summed E-state index contributed by atoms with van der Waals surface area (Å²) >= 11 is 0. The van der Waals surface area contributed by atoms with Gasteiger partial charge in [-0.05, 0) is 29.8 Å². The Bertz CT molecular complexity index is 1540. The third-order valence-corrected chi connectivity index (χ3v) is 6.79. The van der Waals surface area contributed by atoms with Crippen molar-refractivity contribution >= 4 is 20.8 Å². The SMILES string of the molecule is O=c1oc2cc(C(F)(F)F)cc(C(F)(F)F)c2c(-c2ccccc2)c1S(=O)(=O)c1ccccc1. The van der Waals surface area contributed by atoms with Gasteiger partial charge in [-0.2, -0.15) is 26.3 Å². The van der Waals surface area contributed by atoms with Gasteiger partial charge in [-0.3, -0.25) is 0 Å². The largest absolute Gasteiger partial charge is 0.422 e. The van der Waals surface area contributed by atoms with Gasteiger partial charge in [0.15, 0.2) is 4.90 Å². The fourth-order valence-corrected chi connectivity index (χ4v) is 5.05. The average Bonchev–Trinajstić information content (AvgIpc) is 2.77. The summed E-state index contributed by atoms with van der Waals surface area (Å²) in [5.41, 5.74) is -6.95. The second-order valence-corrected chi connectivity index (χ2v) is 9.06. The average molecular weight is 498 g/mol. The molecule has 34 heavy (non-hydrogen) atoms. The van der Waals surface area contributed by atoms with Crippen LogP contribution in [0.15, 0.2) is 91.8 Å². The van der Waals surface area contributed by atoms with E-state index < -0.39 is 65.3 Å². The maximum absolute atomic E-state index is 14.0. The van der Waals surface area contributed by atoms with Gasteiger partial charge in [-0.15, -0.1) is 0 Å². The zero-order valence-corrected chi connectivity index (χ0v) is 17.6. The number of hydrogen-bond acceptors (Lipinski definition) is 4. The minimum absolute atomic E-state index is 0.125. The molecule has 0 spiro atoms. The van der Waals surface area contributed by atoms with Crippen LogP contribution in [-0.2, 0) is 22.2 Å². The van der Waals surface area contributed by atoms with E-state index in [1.807, 2.05) is 0 Å². The van der Waals surface area contributed by atoms with Crippen molar-refractivity contribution in [1.29, 1.82) is 0 Å². The Morgan fingerprint density at radius 3 is 1.82 bits per heavy atom. The van der Waals surface area contributed by atoms with Gasteiger partial charge in [-0.25, -0.2) is 13.2 Å². The standard InChI is InChI=1S/C23H12F6O4S/c24-22(25,26)14-11-16(23(27,28)29)19-17(12-14)33-21(30)20(18(19)13-7-3-1-4-8-13)34(31,32)15-9-5-2-6-10-15/h1-12H. The third-order valence-electron chi connectivity index (χ3n) is 4.98. The highest BCUT2D eigenvalue weighted by Gasteiger charge is 2.41. The predicted molar refractivity (Wildman–Crippen MR) is 110 cm³/mol. The second kappa shape index (κ2) is 8.01. The number of halogens is 6. The summed E-state index contributed by atoms with van der Waals surface area (Å²) in [4.78, 5) is 11.3. The molecule has 0 fully saturated rings. The first-order valence-electron chi connectivity index (χ1n) is 9.46. The first-order valence-corrected chi connectivity index (χ1v) is 10.9. The number of sulfone groups is 1. The Morgan fingerprint density at radius 2 is 1.29 bits per heavy atom. The van der Waals surface area contributed by atoms with Gasteiger partial charge in [0.2, 0.25) is 9.84 Å². The molecule has 4 nitrogen and oxygen atoms in total. The topological polar surface area (TPSA) is 64.3 Å². The first-order chi connectivity index (χ1) is 15.8. The van der Waals surface area contributed by atoms with E-state index in [0.717, 1.165) is 12.1 Å². The molecule has 0 bridgehead atoms. The molecule has 0 aliphatic heterocycles. The summed E-state index contributed by atoms with van der Waals surface area (Å²) in [5.74, 6) is 0. The third kappa shape index (κ3) is 4.07. The molecule has 0 amide bonds. The molecular formula is C23H12F6O4S. The van der Waals surface area contributed by atoms with Gasteiger partial charge in [0.25, 0.3) is 0 Å². The fourth-order valence-electron chi connectivity index (χ4n) is 3.54. The van der Waals surface area contributed by atoms with E-state index in [1.165, 1.54) is 48.5 Å².